The van der Waals surface area contributed by atoms with Crippen LogP contribution in [-0.4, -0.2) is 23.9 Å². The first-order valence-electron chi connectivity index (χ1n) is 4.68. The third kappa shape index (κ3) is 3.34. The maximum atomic E-state index is 12.6. The molecule has 132 valence electrons. The van der Waals surface area contributed by atoms with Crippen molar-refractivity contribution in [3.05, 3.63) is 23.8 Å². The van der Waals surface area contributed by atoms with Gasteiger partial charge in [-0.1, -0.05) is 0 Å². The highest BCUT2D eigenvalue weighted by molar-refractivity contribution is 6.19. The lowest BCUT2D eigenvalue weighted by Crippen LogP contribution is -2.61. The molecule has 0 aliphatic carbocycles. The van der Waals surface area contributed by atoms with E-state index in [4.69, 9.17) is 0 Å². The van der Waals surface area contributed by atoms with E-state index in [0.717, 1.165) is 0 Å². The maximum absolute atomic E-state index is 12.6. The average molecular weight is 368 g/mol. The van der Waals surface area contributed by atoms with Gasteiger partial charge in [-0.05, 0) is 0 Å². The Kier molecular flexibility index (Phi) is 5.69. The quantitative estimate of drug-likeness (QED) is 0.419. The number of hydrogen-bond donors (Lipinski definition) is 0. The van der Waals surface area contributed by atoms with Gasteiger partial charge in [-0.3, -0.25) is 9.59 Å². The van der Waals surface area contributed by atoms with Crippen molar-refractivity contribution in [1.82, 2.24) is 0 Å². The zero-order valence-electron chi connectivity index (χ0n) is 9.85. The number of carbonyl (C=O) groups is 2. The molecule has 0 atom stereocenters. The van der Waals surface area contributed by atoms with E-state index in [-0.39, 0.29) is 0 Å². The Hall–Kier alpha value is -2.02. The molecule has 2 nitrogen and oxygen atoms in total. The third-order valence-corrected chi connectivity index (χ3v) is 2.26. The summed E-state index contributed by atoms with van der Waals surface area (Å²) in [6, 6.07) is 0. The van der Waals surface area contributed by atoms with E-state index in [1.54, 1.807) is 0 Å². The maximum Gasteiger partial charge on any atom is 0.418 e. The monoisotopic (exact) mass is 368 g/mol. The average Bonchev–Trinajstić information content (AvgIpc) is 2.33. The van der Waals surface area contributed by atoms with E-state index in [9.17, 15) is 62.3 Å². The topological polar surface area (TPSA) is 34.1 Å². The van der Waals surface area contributed by atoms with Crippen LogP contribution in [0.2, 0.25) is 0 Å². The molecule has 23 heavy (non-hydrogen) atoms. The van der Waals surface area contributed by atoms with Crippen LogP contribution in [0.3, 0.4) is 0 Å². The van der Waals surface area contributed by atoms with Crippen LogP contribution in [0, 0.1) is 5.41 Å². The number of carbonyl (C=O) groups excluding carboxylic acids is 2. The first-order chi connectivity index (χ1) is 10.0. The fraction of sp³-hybridized carbons (Fsp3) is 0.333. The first-order valence-corrected chi connectivity index (χ1v) is 4.68. The molecule has 0 heterocycles. The van der Waals surface area contributed by atoms with Gasteiger partial charge < -0.3 is 0 Å². The van der Waals surface area contributed by atoms with Gasteiger partial charge in [0, 0.05) is 0 Å². The van der Waals surface area contributed by atoms with E-state index < -0.39 is 53.1 Å². The highest BCUT2D eigenvalue weighted by Gasteiger charge is 2.81. The molecule has 0 N–H and O–H groups in total. The molecule has 0 aromatic carbocycles. The number of hydrogen-bond acceptors (Lipinski definition) is 2. The molecule has 0 rings (SSSR count). The first kappa shape index (κ1) is 21.0. The summed E-state index contributed by atoms with van der Waals surface area (Å²) in [6.45, 7) is 0. The van der Waals surface area contributed by atoms with Gasteiger partial charge in [0.2, 0.25) is 23.2 Å². The van der Waals surface area contributed by atoms with Crippen LogP contribution in [0.25, 0.3) is 0 Å². The smallest absolute Gasteiger partial charge is 0.289 e. The minimum absolute atomic E-state index is 3.99. The zero-order valence-corrected chi connectivity index (χ0v) is 9.85. The zero-order chi connectivity index (χ0) is 19.0. The lowest BCUT2D eigenvalue weighted by Gasteiger charge is -2.32. The number of Topliss-reactive ketones (excluding diaryl/α,β-unsaturated/α-hetero) is 2. The Labute approximate surface area is 117 Å². The summed E-state index contributed by atoms with van der Waals surface area (Å²) in [7, 11) is 0. The highest BCUT2D eigenvalue weighted by Crippen LogP contribution is 2.54. The van der Waals surface area contributed by atoms with Gasteiger partial charge in [0.05, 0.1) is 0 Å². The van der Waals surface area contributed by atoms with E-state index >= 15 is 0 Å². The molecular formula is C9F12O2. The molecule has 0 unspecified atom stereocenters. The summed E-state index contributed by atoms with van der Waals surface area (Å²) >= 11 is 0. The van der Waals surface area contributed by atoms with Crippen molar-refractivity contribution in [1.29, 1.82) is 0 Å². The molecule has 0 saturated carbocycles. The summed E-state index contributed by atoms with van der Waals surface area (Å²) in [5.74, 6) is -16.5. The molecule has 0 aromatic heterocycles. The lowest BCUT2D eigenvalue weighted by molar-refractivity contribution is -0.308. The summed E-state index contributed by atoms with van der Waals surface area (Å²) in [4.78, 5) is 21.7. The number of allylic oxidation sites excluding steroid dienone is 2. The van der Waals surface area contributed by atoms with Crippen LogP contribution in [0.1, 0.15) is 0 Å². The van der Waals surface area contributed by atoms with Crippen molar-refractivity contribution in [3.63, 3.8) is 0 Å². The number of rotatable bonds is 4. The Morgan fingerprint density at radius 3 is 0.870 bits per heavy atom. The predicted octanol–water partition coefficient (Wildman–Crippen LogP) is 4.39. The number of ketones is 2. The Bertz CT molecular complexity index is 518. The van der Waals surface area contributed by atoms with E-state index in [2.05, 4.69) is 0 Å². The number of alkyl halides is 6. The van der Waals surface area contributed by atoms with E-state index in [1.807, 2.05) is 0 Å². The number of halogens is 12. The van der Waals surface area contributed by atoms with Gasteiger partial charge in [-0.15, -0.1) is 0 Å². The third-order valence-electron chi connectivity index (χ3n) is 2.26. The summed E-state index contributed by atoms with van der Waals surface area (Å²) in [5.41, 5.74) is -6.80. The molecular weight excluding hydrogens is 368 g/mol. The van der Waals surface area contributed by atoms with Crippen LogP contribution < -0.4 is 0 Å². The Morgan fingerprint density at radius 1 is 0.522 bits per heavy atom. The van der Waals surface area contributed by atoms with E-state index in [0.29, 0.717) is 0 Å². The van der Waals surface area contributed by atoms with Crippen LogP contribution in [0.15, 0.2) is 23.8 Å². The van der Waals surface area contributed by atoms with Crippen LogP contribution in [-0.2, 0) is 9.59 Å². The molecule has 0 amide bonds. The fourth-order valence-corrected chi connectivity index (χ4v) is 1.28. The van der Waals surface area contributed by atoms with Gasteiger partial charge in [0.15, 0.2) is 0 Å². The fourth-order valence-electron chi connectivity index (χ4n) is 1.28. The van der Waals surface area contributed by atoms with Gasteiger partial charge in [0.1, 0.15) is 0 Å². The van der Waals surface area contributed by atoms with Gasteiger partial charge >= 0.3 is 24.5 Å². The second kappa shape index (κ2) is 6.23. The molecule has 0 bridgehead atoms. The minimum atomic E-state index is -7.26. The van der Waals surface area contributed by atoms with Crippen LogP contribution in [0.5, 0.6) is 0 Å². The van der Waals surface area contributed by atoms with Crippen molar-refractivity contribution < 1.29 is 62.3 Å². The SMILES string of the molecule is O=C(C(F)=C(F)F)C(C(=O)C(F)=C(F)F)(C(F)(F)F)C(F)(F)F. The second-order valence-corrected chi connectivity index (χ2v) is 3.55. The molecule has 14 heteroatoms. The van der Waals surface area contributed by atoms with Crippen molar-refractivity contribution >= 4 is 11.6 Å². The normalized spacial score (nSPS) is 12.7. The molecule has 0 aliphatic rings. The summed E-state index contributed by atoms with van der Waals surface area (Å²) in [6.07, 6.45) is -22.5. The van der Waals surface area contributed by atoms with Crippen LogP contribution in [0.4, 0.5) is 52.7 Å². The summed E-state index contributed by atoms with van der Waals surface area (Å²) < 4.78 is 148. The highest BCUT2D eigenvalue weighted by atomic mass is 19.4. The molecule has 0 aliphatic heterocycles. The van der Waals surface area contributed by atoms with E-state index in [1.165, 1.54) is 0 Å². The predicted molar refractivity (Wildman–Crippen MR) is 45.3 cm³/mol. The van der Waals surface area contributed by atoms with Crippen molar-refractivity contribution in [2.24, 2.45) is 5.41 Å². The Balaban J connectivity index is 7.00. The Morgan fingerprint density at radius 2 is 0.739 bits per heavy atom. The van der Waals surface area contributed by atoms with Crippen molar-refractivity contribution in [3.8, 4) is 0 Å². The van der Waals surface area contributed by atoms with Crippen molar-refractivity contribution in [2.75, 3.05) is 0 Å². The van der Waals surface area contributed by atoms with Gasteiger partial charge in [0.25, 0.3) is 5.41 Å². The molecule has 0 saturated heterocycles. The van der Waals surface area contributed by atoms with Gasteiger partial charge in [-0.2, -0.15) is 52.7 Å². The lowest BCUT2D eigenvalue weighted by atomic mass is 9.76. The standard InChI is InChI=1S/C9F12O2/c10-1(5(12)13)3(22)7(8(16,17)18,9(19,20)21)4(23)2(11)6(14)15. The largest absolute Gasteiger partial charge is 0.418 e. The second-order valence-electron chi connectivity index (χ2n) is 3.55. The van der Waals surface area contributed by atoms with Crippen LogP contribution >= 0.6 is 0 Å². The molecule has 0 radical (unpaired) electrons. The molecule has 0 spiro atoms. The summed E-state index contributed by atoms with van der Waals surface area (Å²) in [5, 5.41) is 0. The van der Waals surface area contributed by atoms with Gasteiger partial charge in [-0.25, -0.2) is 0 Å². The minimum Gasteiger partial charge on any atom is -0.289 e. The molecule has 0 aromatic rings. The van der Waals surface area contributed by atoms with Crippen molar-refractivity contribution in [2.45, 2.75) is 12.4 Å². The molecule has 0 fully saturated rings.